The van der Waals surface area contributed by atoms with E-state index in [1.807, 2.05) is 18.7 Å². The van der Waals surface area contributed by atoms with Crippen LogP contribution < -0.4 is 16.1 Å². The molecule has 0 radical (unpaired) electrons. The molecule has 7 heteroatoms. The molecule has 0 fully saturated rings. The Bertz CT molecular complexity index is 690. The zero-order chi connectivity index (χ0) is 13.4. The minimum atomic E-state index is -0.370. The van der Waals surface area contributed by atoms with Crippen LogP contribution in [0.3, 0.4) is 0 Å². The second-order valence-electron chi connectivity index (χ2n) is 4.14. The highest BCUT2D eigenvalue weighted by atomic mass is 16.2. The molecule has 2 aromatic heterocycles. The van der Waals surface area contributed by atoms with Gasteiger partial charge in [0.1, 0.15) is 0 Å². The lowest BCUT2D eigenvalue weighted by Gasteiger charge is -2.16. The van der Waals surface area contributed by atoms with Crippen molar-refractivity contribution >= 4 is 17.1 Å². The van der Waals surface area contributed by atoms with Crippen molar-refractivity contribution in [1.82, 2.24) is 19.1 Å². The fraction of sp³-hybridized carbons (Fsp3) is 0.545. The molecule has 98 valence electrons. The van der Waals surface area contributed by atoms with Crippen molar-refractivity contribution in [3.05, 3.63) is 20.8 Å². The van der Waals surface area contributed by atoms with Gasteiger partial charge < -0.3 is 9.88 Å². The minimum Gasteiger partial charge on any atom is -0.343 e. The molecule has 0 spiro atoms. The maximum Gasteiger partial charge on any atom is 0.332 e. The number of aromatic amines is 1. The van der Waals surface area contributed by atoms with Gasteiger partial charge in [0.15, 0.2) is 11.2 Å². The Morgan fingerprint density at radius 1 is 1.17 bits per heavy atom. The molecule has 2 rings (SSSR count). The van der Waals surface area contributed by atoms with E-state index in [9.17, 15) is 9.59 Å². The van der Waals surface area contributed by atoms with Crippen LogP contribution in [0.25, 0.3) is 11.2 Å². The molecule has 18 heavy (non-hydrogen) atoms. The van der Waals surface area contributed by atoms with Gasteiger partial charge >= 0.3 is 5.69 Å². The van der Waals surface area contributed by atoms with E-state index in [1.54, 1.807) is 7.05 Å². The van der Waals surface area contributed by atoms with E-state index in [-0.39, 0.29) is 11.2 Å². The van der Waals surface area contributed by atoms with Crippen molar-refractivity contribution in [3.63, 3.8) is 0 Å². The molecule has 0 saturated heterocycles. The molecular formula is C11H17N5O2. The summed E-state index contributed by atoms with van der Waals surface area (Å²) in [5, 5.41) is 0. The fourth-order valence-corrected chi connectivity index (χ4v) is 1.99. The lowest BCUT2D eigenvalue weighted by molar-refractivity contribution is 0.708. The summed E-state index contributed by atoms with van der Waals surface area (Å²) in [6.07, 6.45) is 0. The summed E-state index contributed by atoms with van der Waals surface area (Å²) in [7, 11) is 3.07. The quantitative estimate of drug-likeness (QED) is 0.820. The van der Waals surface area contributed by atoms with Gasteiger partial charge in [0.25, 0.3) is 5.56 Å². The van der Waals surface area contributed by atoms with E-state index in [4.69, 9.17) is 0 Å². The molecule has 0 amide bonds. The summed E-state index contributed by atoms with van der Waals surface area (Å²) in [5.74, 6) is 0.619. The maximum absolute atomic E-state index is 12.0. The number of fused-ring (bicyclic) bond motifs is 1. The highest BCUT2D eigenvalue weighted by Crippen LogP contribution is 2.12. The fourth-order valence-electron chi connectivity index (χ4n) is 1.99. The third-order valence-corrected chi connectivity index (χ3v) is 3.15. The largest absolute Gasteiger partial charge is 0.343 e. The SMILES string of the molecule is CCN(CC)c1nc2c([nH]1)c(=O)n(C)c(=O)n2C. The molecule has 0 saturated carbocycles. The first kappa shape index (κ1) is 12.4. The standard InChI is InChI=1S/C11H17N5O2/c1-5-16(6-2)10-12-7-8(13-10)14(3)11(18)15(4)9(7)17/h5-6H2,1-4H3,(H,12,13). The Kier molecular flexibility index (Phi) is 2.98. The summed E-state index contributed by atoms with van der Waals surface area (Å²) in [6.45, 7) is 5.58. The van der Waals surface area contributed by atoms with Crippen molar-refractivity contribution in [2.45, 2.75) is 13.8 Å². The molecule has 1 N–H and O–H groups in total. The number of imidazole rings is 1. The number of aromatic nitrogens is 4. The van der Waals surface area contributed by atoms with Crippen molar-refractivity contribution in [2.24, 2.45) is 14.1 Å². The van der Waals surface area contributed by atoms with Gasteiger partial charge in [-0.2, -0.15) is 4.98 Å². The molecule has 0 aliphatic heterocycles. The van der Waals surface area contributed by atoms with Crippen molar-refractivity contribution in [3.8, 4) is 0 Å². The van der Waals surface area contributed by atoms with Gasteiger partial charge in [-0.15, -0.1) is 0 Å². The second-order valence-corrected chi connectivity index (χ2v) is 4.14. The van der Waals surface area contributed by atoms with E-state index in [1.165, 1.54) is 11.6 Å². The summed E-state index contributed by atoms with van der Waals surface area (Å²) < 4.78 is 2.45. The van der Waals surface area contributed by atoms with Crippen LogP contribution in [-0.4, -0.2) is 32.2 Å². The Morgan fingerprint density at radius 2 is 1.78 bits per heavy atom. The third kappa shape index (κ3) is 1.62. The van der Waals surface area contributed by atoms with Crippen LogP contribution >= 0.6 is 0 Å². The van der Waals surface area contributed by atoms with Crippen molar-refractivity contribution in [2.75, 3.05) is 18.0 Å². The number of hydrogen-bond donors (Lipinski definition) is 1. The lowest BCUT2D eigenvalue weighted by Crippen LogP contribution is -2.36. The van der Waals surface area contributed by atoms with E-state index in [0.717, 1.165) is 17.7 Å². The average molecular weight is 251 g/mol. The van der Waals surface area contributed by atoms with Gasteiger partial charge in [-0.1, -0.05) is 0 Å². The average Bonchev–Trinajstić information content (AvgIpc) is 2.80. The van der Waals surface area contributed by atoms with Crippen LogP contribution in [-0.2, 0) is 14.1 Å². The van der Waals surface area contributed by atoms with Gasteiger partial charge in [-0.3, -0.25) is 13.9 Å². The van der Waals surface area contributed by atoms with Gasteiger partial charge in [-0.05, 0) is 13.8 Å². The van der Waals surface area contributed by atoms with Crippen LogP contribution in [0, 0.1) is 0 Å². The third-order valence-electron chi connectivity index (χ3n) is 3.15. The monoisotopic (exact) mass is 251 g/mol. The second kappa shape index (κ2) is 4.32. The number of anilines is 1. The minimum absolute atomic E-state index is 0.348. The summed E-state index contributed by atoms with van der Waals surface area (Å²) >= 11 is 0. The molecule has 0 aliphatic carbocycles. The molecule has 0 aliphatic rings. The van der Waals surface area contributed by atoms with Crippen molar-refractivity contribution in [1.29, 1.82) is 0 Å². The number of nitrogens with zero attached hydrogens (tertiary/aromatic N) is 4. The van der Waals surface area contributed by atoms with Crippen LogP contribution in [0.15, 0.2) is 9.59 Å². The topological polar surface area (TPSA) is 75.9 Å². The van der Waals surface area contributed by atoms with Crippen LogP contribution in [0.4, 0.5) is 5.95 Å². The van der Waals surface area contributed by atoms with Crippen LogP contribution in [0.5, 0.6) is 0 Å². The molecule has 0 bridgehead atoms. The highest BCUT2D eigenvalue weighted by Gasteiger charge is 2.15. The Balaban J connectivity index is 2.80. The van der Waals surface area contributed by atoms with Gasteiger partial charge in [0, 0.05) is 27.2 Å². The van der Waals surface area contributed by atoms with E-state index < -0.39 is 0 Å². The van der Waals surface area contributed by atoms with Crippen molar-refractivity contribution < 1.29 is 0 Å². The number of H-pyrrole nitrogens is 1. The Labute approximate surface area is 104 Å². The summed E-state index contributed by atoms with van der Waals surface area (Å²) in [5.41, 5.74) is 0.0376. The maximum atomic E-state index is 12.0. The zero-order valence-electron chi connectivity index (χ0n) is 11.0. The molecule has 2 aromatic rings. The number of rotatable bonds is 3. The Hall–Kier alpha value is -2.05. The smallest absolute Gasteiger partial charge is 0.332 e. The first-order valence-corrected chi connectivity index (χ1v) is 5.91. The summed E-state index contributed by atoms with van der Waals surface area (Å²) in [4.78, 5) is 33.1. The van der Waals surface area contributed by atoms with Gasteiger partial charge in [0.05, 0.1) is 0 Å². The first-order valence-electron chi connectivity index (χ1n) is 5.91. The van der Waals surface area contributed by atoms with Crippen LogP contribution in [0.2, 0.25) is 0 Å². The number of nitrogens with one attached hydrogen (secondary N) is 1. The predicted molar refractivity (Wildman–Crippen MR) is 70.1 cm³/mol. The number of aryl methyl sites for hydroxylation is 1. The molecule has 0 atom stereocenters. The molecule has 0 unspecified atom stereocenters. The molecule has 0 aromatic carbocycles. The summed E-state index contributed by atoms with van der Waals surface area (Å²) in [6, 6.07) is 0. The molecule has 2 heterocycles. The zero-order valence-corrected chi connectivity index (χ0v) is 11.0. The van der Waals surface area contributed by atoms with E-state index in [2.05, 4.69) is 9.97 Å². The van der Waals surface area contributed by atoms with E-state index >= 15 is 0 Å². The van der Waals surface area contributed by atoms with Gasteiger partial charge in [0.2, 0.25) is 5.95 Å². The number of hydrogen-bond acceptors (Lipinski definition) is 4. The Morgan fingerprint density at radius 3 is 2.33 bits per heavy atom. The van der Waals surface area contributed by atoms with Gasteiger partial charge in [-0.25, -0.2) is 4.79 Å². The predicted octanol–water partition coefficient (Wildman–Crippen LogP) is -0.193. The molecular weight excluding hydrogens is 234 g/mol. The van der Waals surface area contributed by atoms with E-state index in [0.29, 0.717) is 17.1 Å². The first-order chi connectivity index (χ1) is 8.51. The highest BCUT2D eigenvalue weighted by molar-refractivity contribution is 5.72. The normalized spacial score (nSPS) is 11.1. The lowest BCUT2D eigenvalue weighted by atomic mass is 10.5. The molecule has 7 nitrogen and oxygen atoms in total. The van der Waals surface area contributed by atoms with Crippen LogP contribution in [0.1, 0.15) is 13.8 Å².